The number of carbonyl (C=O) groups excluding carboxylic acids is 1. The Bertz CT molecular complexity index is 1220. The van der Waals surface area contributed by atoms with Gasteiger partial charge in [0.25, 0.3) is 5.82 Å². The molecule has 0 aliphatic carbocycles. The van der Waals surface area contributed by atoms with Crippen LogP contribution in [0.15, 0.2) is 47.1 Å². The Morgan fingerprint density at radius 2 is 1.96 bits per heavy atom. The van der Waals surface area contributed by atoms with Gasteiger partial charge in [0, 0.05) is 10.6 Å². The van der Waals surface area contributed by atoms with Crippen LogP contribution in [-0.4, -0.2) is 5.78 Å². The summed E-state index contributed by atoms with van der Waals surface area (Å²) in [5.41, 5.74) is 13.8. The molecule has 0 spiro atoms. The van der Waals surface area contributed by atoms with Gasteiger partial charge < -0.3 is 10.2 Å². The van der Waals surface area contributed by atoms with Gasteiger partial charge in [-0.2, -0.15) is 5.26 Å². The van der Waals surface area contributed by atoms with Crippen molar-refractivity contribution in [3.63, 3.8) is 0 Å². The van der Waals surface area contributed by atoms with Gasteiger partial charge in [-0.25, -0.2) is 4.98 Å². The van der Waals surface area contributed by atoms with Gasteiger partial charge in [0.1, 0.15) is 16.7 Å². The standard InChI is InChI=1S/C19H11ClN4O2S/c20-10-5-3-9(4-6-10)16(25)17-15(22)14-13(12-2-1-7-26-12)11(8-21)18(23)24-19(14)27-17/h1-7H,22H2,(H2,23,24)/p+1. The van der Waals surface area contributed by atoms with Crippen LogP contribution >= 0.6 is 22.9 Å². The molecule has 1 aromatic carbocycles. The first-order chi connectivity index (χ1) is 13.0. The summed E-state index contributed by atoms with van der Waals surface area (Å²) in [7, 11) is 0. The molecule has 4 aromatic rings. The minimum absolute atomic E-state index is 0.183. The van der Waals surface area contributed by atoms with E-state index in [1.54, 1.807) is 36.4 Å². The second kappa shape index (κ2) is 6.43. The summed E-state index contributed by atoms with van der Waals surface area (Å²) in [6.07, 6.45) is 1.50. The van der Waals surface area contributed by atoms with Gasteiger partial charge in [-0.1, -0.05) is 22.9 Å². The number of H-pyrrole nitrogens is 1. The van der Waals surface area contributed by atoms with Gasteiger partial charge in [-0.3, -0.25) is 10.5 Å². The van der Waals surface area contributed by atoms with Crippen LogP contribution in [0.3, 0.4) is 0 Å². The lowest BCUT2D eigenvalue weighted by molar-refractivity contribution is -0.323. The molecule has 8 heteroatoms. The Hall–Kier alpha value is -3.34. The lowest BCUT2D eigenvalue weighted by atomic mass is 10.0. The number of nitrogens with two attached hydrogens (primary N) is 2. The number of ketones is 1. The van der Waals surface area contributed by atoms with E-state index < -0.39 is 0 Å². The van der Waals surface area contributed by atoms with Gasteiger partial charge in [-0.15, -0.1) is 0 Å². The van der Waals surface area contributed by atoms with Crippen LogP contribution in [-0.2, 0) is 0 Å². The molecule has 0 aliphatic rings. The molecule has 4 rings (SSSR count). The minimum atomic E-state index is -0.235. The fourth-order valence-corrected chi connectivity index (χ4v) is 4.14. The number of nitrogens with zero attached hydrogens (tertiary/aromatic N) is 1. The molecular formula is C19H12ClN4O2S+. The SMILES string of the molecule is N#Cc1c(N)[nH+]c2sc(C(=O)c3ccc(Cl)cc3)c(N)c2c1-c1ccco1. The lowest BCUT2D eigenvalue weighted by Gasteiger charge is -2.04. The Balaban J connectivity index is 2.00. The molecule has 3 aromatic heterocycles. The van der Waals surface area contributed by atoms with Crippen molar-refractivity contribution in [1.29, 1.82) is 5.26 Å². The summed E-state index contributed by atoms with van der Waals surface area (Å²) in [5.74, 6) is 0.400. The summed E-state index contributed by atoms with van der Waals surface area (Å²) in [5, 5.41) is 10.6. The molecule has 0 radical (unpaired) electrons. The maximum Gasteiger partial charge on any atom is 0.290 e. The average molecular weight is 396 g/mol. The fraction of sp³-hybridized carbons (Fsp3) is 0. The van der Waals surface area contributed by atoms with Gasteiger partial charge in [0.15, 0.2) is 10.4 Å². The molecule has 6 nitrogen and oxygen atoms in total. The zero-order chi connectivity index (χ0) is 19.1. The van der Waals surface area contributed by atoms with Crippen molar-refractivity contribution in [1.82, 2.24) is 0 Å². The van der Waals surface area contributed by atoms with Gasteiger partial charge in [0.2, 0.25) is 5.78 Å². The number of aromatic amines is 1. The van der Waals surface area contributed by atoms with Crippen molar-refractivity contribution in [2.24, 2.45) is 0 Å². The highest BCUT2D eigenvalue weighted by molar-refractivity contribution is 7.21. The molecule has 0 bridgehead atoms. The number of aromatic nitrogens is 1. The maximum atomic E-state index is 12.9. The van der Waals surface area contributed by atoms with Crippen LogP contribution in [0.1, 0.15) is 20.8 Å². The summed E-state index contributed by atoms with van der Waals surface area (Å²) in [6, 6.07) is 12.1. The maximum absolute atomic E-state index is 12.9. The third-order valence-electron chi connectivity index (χ3n) is 4.15. The van der Waals surface area contributed by atoms with Crippen LogP contribution in [0, 0.1) is 11.3 Å². The van der Waals surface area contributed by atoms with E-state index in [0.29, 0.717) is 37.0 Å². The highest BCUT2D eigenvalue weighted by Crippen LogP contribution is 2.41. The minimum Gasteiger partial charge on any atom is -0.464 e. The third kappa shape index (κ3) is 2.72. The summed E-state index contributed by atoms with van der Waals surface area (Å²) in [4.78, 5) is 16.8. The Morgan fingerprint density at radius 3 is 2.59 bits per heavy atom. The van der Waals surface area contributed by atoms with Crippen molar-refractivity contribution in [2.45, 2.75) is 0 Å². The Morgan fingerprint density at radius 1 is 1.22 bits per heavy atom. The summed E-state index contributed by atoms with van der Waals surface area (Å²) < 4.78 is 5.48. The van der Waals surface area contributed by atoms with Crippen LogP contribution < -0.4 is 16.5 Å². The predicted molar refractivity (Wildman–Crippen MR) is 105 cm³/mol. The number of hydrogen-bond acceptors (Lipinski definition) is 6. The Labute approximate surface area is 162 Å². The number of nitrogens with one attached hydrogen (secondary N) is 1. The molecule has 0 saturated carbocycles. The topological polar surface area (TPSA) is 120 Å². The lowest BCUT2D eigenvalue weighted by Crippen LogP contribution is -2.13. The molecular weight excluding hydrogens is 384 g/mol. The van der Waals surface area contributed by atoms with Crippen molar-refractivity contribution < 1.29 is 14.2 Å². The number of pyridine rings is 1. The number of nitrogen functional groups attached to an aromatic ring is 2. The molecule has 27 heavy (non-hydrogen) atoms. The average Bonchev–Trinajstić information content (AvgIpc) is 3.29. The van der Waals surface area contributed by atoms with E-state index in [0.717, 1.165) is 0 Å². The molecule has 0 amide bonds. The normalized spacial score (nSPS) is 10.8. The van der Waals surface area contributed by atoms with Crippen molar-refractivity contribution >= 4 is 50.4 Å². The molecule has 0 saturated heterocycles. The second-order valence-electron chi connectivity index (χ2n) is 5.76. The van der Waals surface area contributed by atoms with E-state index in [9.17, 15) is 10.1 Å². The zero-order valence-electron chi connectivity index (χ0n) is 13.7. The van der Waals surface area contributed by atoms with Crippen LogP contribution in [0.2, 0.25) is 5.02 Å². The highest BCUT2D eigenvalue weighted by atomic mass is 35.5. The monoisotopic (exact) mass is 395 g/mol. The number of halogens is 1. The number of rotatable bonds is 3. The zero-order valence-corrected chi connectivity index (χ0v) is 15.3. The van der Waals surface area contributed by atoms with Crippen LogP contribution in [0.4, 0.5) is 11.5 Å². The number of furan rings is 1. The smallest absolute Gasteiger partial charge is 0.290 e. The first-order valence-electron chi connectivity index (χ1n) is 7.82. The Kier molecular flexibility index (Phi) is 4.07. The molecule has 0 unspecified atom stereocenters. The predicted octanol–water partition coefficient (Wildman–Crippen LogP) is 3.90. The number of anilines is 2. The van der Waals surface area contributed by atoms with Crippen molar-refractivity contribution in [3.05, 3.63) is 63.7 Å². The number of fused-ring (bicyclic) bond motifs is 1. The van der Waals surface area contributed by atoms with Gasteiger partial charge in [0.05, 0.1) is 22.9 Å². The first kappa shape index (κ1) is 17.1. The molecule has 132 valence electrons. The fourth-order valence-electron chi connectivity index (χ4n) is 2.91. The van der Waals surface area contributed by atoms with Gasteiger partial charge >= 0.3 is 0 Å². The largest absolute Gasteiger partial charge is 0.464 e. The molecule has 0 aliphatic heterocycles. The molecule has 5 N–H and O–H groups in total. The molecule has 0 atom stereocenters. The highest BCUT2D eigenvalue weighted by Gasteiger charge is 2.28. The number of benzene rings is 1. The van der Waals surface area contributed by atoms with E-state index in [1.807, 2.05) is 0 Å². The third-order valence-corrected chi connectivity index (χ3v) is 5.53. The van der Waals surface area contributed by atoms with Crippen LogP contribution in [0.25, 0.3) is 21.5 Å². The summed E-state index contributed by atoms with van der Waals surface area (Å²) in [6.45, 7) is 0. The van der Waals surface area contributed by atoms with E-state index in [1.165, 1.54) is 17.6 Å². The second-order valence-corrected chi connectivity index (χ2v) is 7.22. The number of hydrogen-bond donors (Lipinski definition) is 2. The first-order valence-corrected chi connectivity index (χ1v) is 9.01. The van der Waals surface area contributed by atoms with E-state index in [-0.39, 0.29) is 22.9 Å². The quantitative estimate of drug-likeness (QED) is 0.509. The van der Waals surface area contributed by atoms with Crippen molar-refractivity contribution in [2.75, 3.05) is 11.5 Å². The summed E-state index contributed by atoms with van der Waals surface area (Å²) >= 11 is 7.07. The number of carbonyl (C=O) groups is 1. The van der Waals surface area contributed by atoms with Crippen molar-refractivity contribution in [3.8, 4) is 17.4 Å². The van der Waals surface area contributed by atoms with E-state index in [2.05, 4.69) is 11.1 Å². The molecule has 0 fully saturated rings. The number of nitriles is 1. The van der Waals surface area contributed by atoms with Crippen LogP contribution in [0.5, 0.6) is 0 Å². The number of thiophene rings is 1. The van der Waals surface area contributed by atoms with E-state index >= 15 is 0 Å². The van der Waals surface area contributed by atoms with E-state index in [4.69, 9.17) is 27.5 Å². The molecule has 3 heterocycles. The van der Waals surface area contributed by atoms with Gasteiger partial charge in [-0.05, 0) is 36.4 Å².